The highest BCUT2D eigenvalue weighted by Crippen LogP contribution is 2.34. The lowest BCUT2D eigenvalue weighted by molar-refractivity contribution is -0.0256. The van der Waals surface area contributed by atoms with Crippen molar-refractivity contribution in [3.8, 4) is 0 Å². The van der Waals surface area contributed by atoms with Crippen LogP contribution < -0.4 is 0 Å². The number of nitrogens with zero attached hydrogens (tertiary/aromatic N) is 3. The molecule has 1 aliphatic rings. The molecule has 1 aromatic rings. The molecule has 2 heterocycles. The molecular formula is C15H27N3O. The van der Waals surface area contributed by atoms with Crippen LogP contribution in [0.15, 0.2) is 0 Å². The number of imidazole rings is 1. The van der Waals surface area contributed by atoms with Gasteiger partial charge in [0.1, 0.15) is 5.82 Å². The highest BCUT2D eigenvalue weighted by molar-refractivity contribution is 5.14. The van der Waals surface area contributed by atoms with Gasteiger partial charge in [0.15, 0.2) is 0 Å². The van der Waals surface area contributed by atoms with Crippen molar-refractivity contribution in [2.45, 2.75) is 46.8 Å². The van der Waals surface area contributed by atoms with Gasteiger partial charge in [0.2, 0.25) is 0 Å². The van der Waals surface area contributed by atoms with Crippen LogP contribution in [0.4, 0.5) is 0 Å². The van der Waals surface area contributed by atoms with Crippen LogP contribution in [0.25, 0.3) is 0 Å². The molecule has 19 heavy (non-hydrogen) atoms. The fourth-order valence-electron chi connectivity index (χ4n) is 3.12. The first-order valence-electron chi connectivity index (χ1n) is 7.19. The molecule has 1 saturated heterocycles. The van der Waals surface area contributed by atoms with Gasteiger partial charge in [-0.05, 0) is 25.7 Å². The predicted octanol–water partition coefficient (Wildman–Crippen LogP) is 1.88. The molecule has 1 aromatic heterocycles. The Labute approximate surface area is 116 Å². The molecule has 0 amide bonds. The number of aryl methyl sites for hydroxylation is 1. The fourth-order valence-corrected chi connectivity index (χ4v) is 3.12. The summed E-state index contributed by atoms with van der Waals surface area (Å²) >= 11 is 0. The van der Waals surface area contributed by atoms with E-state index in [4.69, 9.17) is 0 Å². The summed E-state index contributed by atoms with van der Waals surface area (Å²) in [7, 11) is 2.07. The third kappa shape index (κ3) is 2.43. The summed E-state index contributed by atoms with van der Waals surface area (Å²) in [6.45, 7) is 13.0. The highest BCUT2D eigenvalue weighted by atomic mass is 16.3. The van der Waals surface area contributed by atoms with Crippen LogP contribution in [0.5, 0.6) is 0 Å². The second-order valence-corrected chi connectivity index (χ2v) is 6.47. The Morgan fingerprint density at radius 3 is 2.47 bits per heavy atom. The topological polar surface area (TPSA) is 41.3 Å². The van der Waals surface area contributed by atoms with Crippen LogP contribution in [0.3, 0.4) is 0 Å². The molecule has 0 saturated carbocycles. The van der Waals surface area contributed by atoms with E-state index in [0.717, 1.165) is 31.2 Å². The van der Waals surface area contributed by atoms with E-state index >= 15 is 0 Å². The maximum absolute atomic E-state index is 10.7. The second kappa shape index (κ2) is 4.91. The summed E-state index contributed by atoms with van der Waals surface area (Å²) in [5.41, 5.74) is 1.76. The van der Waals surface area contributed by atoms with Crippen LogP contribution in [-0.4, -0.2) is 38.2 Å². The number of hydrogen-bond donors (Lipinski definition) is 1. The number of likely N-dealkylation sites (tertiary alicyclic amines) is 1. The molecule has 1 N–H and O–H groups in total. The van der Waals surface area contributed by atoms with Gasteiger partial charge < -0.3 is 9.67 Å². The lowest BCUT2D eigenvalue weighted by Crippen LogP contribution is -2.42. The smallest absolute Gasteiger partial charge is 0.123 e. The van der Waals surface area contributed by atoms with E-state index in [-0.39, 0.29) is 5.92 Å². The Hall–Kier alpha value is -0.870. The third-order valence-electron chi connectivity index (χ3n) is 4.94. The molecule has 2 rings (SSSR count). The summed E-state index contributed by atoms with van der Waals surface area (Å²) in [4.78, 5) is 6.96. The van der Waals surface area contributed by atoms with E-state index in [1.807, 2.05) is 0 Å². The summed E-state index contributed by atoms with van der Waals surface area (Å²) in [5, 5.41) is 10.7. The first kappa shape index (κ1) is 14.5. The highest BCUT2D eigenvalue weighted by Gasteiger charge is 2.44. The Morgan fingerprint density at radius 1 is 1.42 bits per heavy atom. The Morgan fingerprint density at radius 2 is 2.05 bits per heavy atom. The van der Waals surface area contributed by atoms with Crippen molar-refractivity contribution < 1.29 is 5.11 Å². The number of hydrogen-bond acceptors (Lipinski definition) is 3. The fraction of sp³-hybridized carbons (Fsp3) is 0.800. The number of aromatic nitrogens is 2. The molecule has 0 aromatic carbocycles. The first-order valence-corrected chi connectivity index (χ1v) is 7.19. The minimum Gasteiger partial charge on any atom is -0.388 e. The van der Waals surface area contributed by atoms with E-state index in [2.05, 4.69) is 56.1 Å². The zero-order chi connectivity index (χ0) is 14.4. The molecule has 1 aliphatic heterocycles. The summed E-state index contributed by atoms with van der Waals surface area (Å²) in [5.74, 6) is 1.70. The van der Waals surface area contributed by atoms with Crippen molar-refractivity contribution in [2.75, 3.05) is 13.1 Å². The normalized spacial score (nSPS) is 28.5. The summed E-state index contributed by atoms with van der Waals surface area (Å²) < 4.78 is 2.16. The molecule has 0 bridgehead atoms. The average molecular weight is 265 g/mol. The molecule has 0 aliphatic carbocycles. The van der Waals surface area contributed by atoms with E-state index in [1.165, 1.54) is 5.69 Å². The molecule has 108 valence electrons. The van der Waals surface area contributed by atoms with Gasteiger partial charge in [0.25, 0.3) is 0 Å². The van der Waals surface area contributed by atoms with E-state index in [9.17, 15) is 5.11 Å². The zero-order valence-electron chi connectivity index (χ0n) is 13.1. The van der Waals surface area contributed by atoms with Gasteiger partial charge in [-0.1, -0.05) is 20.8 Å². The molecule has 0 spiro atoms. The maximum atomic E-state index is 10.7. The van der Waals surface area contributed by atoms with Crippen molar-refractivity contribution in [2.24, 2.45) is 18.9 Å². The van der Waals surface area contributed by atoms with Crippen LogP contribution in [0.1, 0.15) is 38.0 Å². The summed E-state index contributed by atoms with van der Waals surface area (Å²) in [6, 6.07) is 0. The van der Waals surface area contributed by atoms with Crippen LogP contribution in [0.2, 0.25) is 0 Å². The van der Waals surface area contributed by atoms with Crippen molar-refractivity contribution in [3.63, 3.8) is 0 Å². The van der Waals surface area contributed by atoms with Gasteiger partial charge in [-0.15, -0.1) is 0 Å². The second-order valence-electron chi connectivity index (χ2n) is 6.47. The molecular weight excluding hydrogens is 238 g/mol. The lowest BCUT2D eigenvalue weighted by Gasteiger charge is -2.31. The van der Waals surface area contributed by atoms with E-state index < -0.39 is 5.60 Å². The van der Waals surface area contributed by atoms with Gasteiger partial charge in [-0.2, -0.15) is 0 Å². The zero-order valence-corrected chi connectivity index (χ0v) is 13.1. The molecule has 2 atom stereocenters. The quantitative estimate of drug-likeness (QED) is 0.907. The number of rotatable bonds is 3. The Bertz CT molecular complexity index is 466. The standard InChI is InChI=1S/C15H27N3O/c1-10(2)15(19)9-18(7-11(15)3)8-14-16-12(4)13(5)17(14)6/h10-11,19H,7-9H2,1-6H3/t11-,15-/m1/s1. The lowest BCUT2D eigenvalue weighted by atomic mass is 9.82. The van der Waals surface area contributed by atoms with Gasteiger partial charge in [-0.3, -0.25) is 4.90 Å². The van der Waals surface area contributed by atoms with Crippen molar-refractivity contribution in [1.82, 2.24) is 14.5 Å². The monoisotopic (exact) mass is 265 g/mol. The Balaban J connectivity index is 2.12. The van der Waals surface area contributed by atoms with E-state index in [0.29, 0.717) is 5.92 Å². The number of aliphatic hydroxyl groups is 1. The summed E-state index contributed by atoms with van der Waals surface area (Å²) in [6.07, 6.45) is 0. The molecule has 4 heteroatoms. The number of β-amino-alcohol motifs (C(OH)–C–C–N with tert-alkyl or cyclic N) is 1. The van der Waals surface area contributed by atoms with Crippen LogP contribution in [0, 0.1) is 25.7 Å². The minimum absolute atomic E-state index is 0.289. The molecule has 0 radical (unpaired) electrons. The van der Waals surface area contributed by atoms with Gasteiger partial charge in [-0.25, -0.2) is 4.98 Å². The maximum Gasteiger partial charge on any atom is 0.123 e. The SMILES string of the molecule is Cc1nc(CN2C[C@@H](C)[C@](O)(C(C)C)C2)n(C)c1C. The third-order valence-corrected chi connectivity index (χ3v) is 4.94. The van der Waals surface area contributed by atoms with E-state index in [1.54, 1.807) is 0 Å². The van der Waals surface area contributed by atoms with Crippen LogP contribution >= 0.6 is 0 Å². The van der Waals surface area contributed by atoms with Crippen LogP contribution in [-0.2, 0) is 13.6 Å². The molecule has 1 fully saturated rings. The minimum atomic E-state index is -0.560. The van der Waals surface area contributed by atoms with Crippen molar-refractivity contribution >= 4 is 0 Å². The average Bonchev–Trinajstić information content (AvgIpc) is 2.74. The van der Waals surface area contributed by atoms with Gasteiger partial charge in [0, 0.05) is 25.8 Å². The Kier molecular flexibility index (Phi) is 3.76. The molecule has 0 unspecified atom stereocenters. The van der Waals surface area contributed by atoms with Gasteiger partial charge >= 0.3 is 0 Å². The first-order chi connectivity index (χ1) is 8.75. The predicted molar refractivity (Wildman–Crippen MR) is 76.9 cm³/mol. The van der Waals surface area contributed by atoms with Crippen molar-refractivity contribution in [1.29, 1.82) is 0 Å². The van der Waals surface area contributed by atoms with Crippen molar-refractivity contribution in [3.05, 3.63) is 17.2 Å². The largest absolute Gasteiger partial charge is 0.388 e. The van der Waals surface area contributed by atoms with Gasteiger partial charge in [0.05, 0.1) is 17.8 Å². The molecule has 4 nitrogen and oxygen atoms in total.